The van der Waals surface area contributed by atoms with Crippen molar-refractivity contribution in [3.63, 3.8) is 0 Å². The molecule has 0 aromatic heterocycles. The summed E-state index contributed by atoms with van der Waals surface area (Å²) >= 11 is 0. The Morgan fingerprint density at radius 3 is 2.55 bits per heavy atom. The summed E-state index contributed by atoms with van der Waals surface area (Å²) in [5.41, 5.74) is 3.17. The molecule has 0 bridgehead atoms. The normalized spacial score (nSPS) is 10.9. The highest BCUT2D eigenvalue weighted by molar-refractivity contribution is 6.09. The van der Waals surface area contributed by atoms with Gasteiger partial charge in [-0.2, -0.15) is 5.26 Å². The van der Waals surface area contributed by atoms with Crippen LogP contribution >= 0.6 is 0 Å². The van der Waals surface area contributed by atoms with Gasteiger partial charge in [-0.1, -0.05) is 24.3 Å². The number of para-hydroxylation sites is 1. The van der Waals surface area contributed by atoms with Crippen LogP contribution in [0, 0.1) is 25.2 Å². The van der Waals surface area contributed by atoms with Crippen LogP contribution in [0.25, 0.3) is 6.08 Å². The molecule has 22 heavy (non-hydrogen) atoms. The molecular weight excluding hydrogens is 276 g/mol. The molecule has 0 saturated carbocycles. The summed E-state index contributed by atoms with van der Waals surface area (Å²) in [6.07, 6.45) is 1.37. The smallest absolute Gasteiger partial charge is 0.266 e. The fourth-order valence-corrected chi connectivity index (χ4v) is 1.93. The molecule has 0 aliphatic heterocycles. The Bertz CT molecular complexity index is 786. The first-order chi connectivity index (χ1) is 10.5. The third kappa shape index (κ3) is 3.53. The second-order valence-corrected chi connectivity index (χ2v) is 4.98. The number of amides is 1. The van der Waals surface area contributed by atoms with Crippen LogP contribution in [0.1, 0.15) is 16.7 Å². The van der Waals surface area contributed by atoms with Gasteiger partial charge in [0.25, 0.3) is 5.91 Å². The number of nitriles is 1. The summed E-state index contributed by atoms with van der Waals surface area (Å²) < 4.78 is 0. The first kappa shape index (κ1) is 15.3. The third-order valence-electron chi connectivity index (χ3n) is 3.37. The lowest BCUT2D eigenvalue weighted by Crippen LogP contribution is -2.13. The topological polar surface area (TPSA) is 73.1 Å². The van der Waals surface area contributed by atoms with Gasteiger partial charge in [0.15, 0.2) is 0 Å². The molecular formula is C18H16N2O2. The lowest BCUT2D eigenvalue weighted by atomic mass is 10.1. The fraction of sp³-hybridized carbons (Fsp3) is 0.111. The van der Waals surface area contributed by atoms with E-state index in [0.717, 1.165) is 11.1 Å². The van der Waals surface area contributed by atoms with E-state index in [-0.39, 0.29) is 11.3 Å². The average Bonchev–Trinajstić information content (AvgIpc) is 2.50. The summed E-state index contributed by atoms with van der Waals surface area (Å²) in [5, 5.41) is 21.6. The molecule has 0 radical (unpaired) electrons. The second-order valence-electron chi connectivity index (χ2n) is 4.98. The number of nitrogens with zero attached hydrogens (tertiary/aromatic N) is 1. The van der Waals surface area contributed by atoms with Gasteiger partial charge >= 0.3 is 0 Å². The lowest BCUT2D eigenvalue weighted by molar-refractivity contribution is -0.112. The zero-order chi connectivity index (χ0) is 16.1. The number of aryl methyl sites for hydroxylation is 2. The van der Waals surface area contributed by atoms with Gasteiger partial charge in [-0.05, 0) is 49.2 Å². The molecule has 2 aromatic carbocycles. The molecule has 4 nitrogen and oxygen atoms in total. The number of aromatic hydroxyl groups is 1. The molecule has 0 aliphatic carbocycles. The summed E-state index contributed by atoms with van der Waals surface area (Å²) in [4.78, 5) is 12.2. The van der Waals surface area contributed by atoms with Crippen molar-refractivity contribution >= 4 is 17.7 Å². The van der Waals surface area contributed by atoms with Crippen molar-refractivity contribution < 1.29 is 9.90 Å². The Morgan fingerprint density at radius 2 is 1.91 bits per heavy atom. The summed E-state index contributed by atoms with van der Waals surface area (Å²) in [6.45, 7) is 3.94. The van der Waals surface area contributed by atoms with E-state index in [1.54, 1.807) is 24.3 Å². The monoisotopic (exact) mass is 292 g/mol. The van der Waals surface area contributed by atoms with Crippen molar-refractivity contribution in [2.45, 2.75) is 13.8 Å². The zero-order valence-electron chi connectivity index (χ0n) is 12.4. The zero-order valence-corrected chi connectivity index (χ0v) is 12.4. The van der Waals surface area contributed by atoms with E-state index < -0.39 is 5.91 Å². The van der Waals surface area contributed by atoms with Crippen LogP contribution in [0.4, 0.5) is 5.69 Å². The number of phenols is 1. The number of rotatable bonds is 3. The molecule has 0 atom stereocenters. The van der Waals surface area contributed by atoms with E-state index in [1.807, 2.05) is 32.0 Å². The molecule has 0 aliphatic rings. The van der Waals surface area contributed by atoms with E-state index in [4.69, 9.17) is 5.26 Å². The van der Waals surface area contributed by atoms with Crippen LogP contribution < -0.4 is 5.32 Å². The van der Waals surface area contributed by atoms with Crippen molar-refractivity contribution in [3.8, 4) is 11.8 Å². The van der Waals surface area contributed by atoms with Crippen LogP contribution in [0.5, 0.6) is 5.75 Å². The van der Waals surface area contributed by atoms with Gasteiger partial charge < -0.3 is 10.4 Å². The number of benzene rings is 2. The van der Waals surface area contributed by atoms with Crippen molar-refractivity contribution in [1.82, 2.24) is 0 Å². The predicted octanol–water partition coefficient (Wildman–Crippen LogP) is 3.55. The Kier molecular flexibility index (Phi) is 4.60. The van der Waals surface area contributed by atoms with Crippen LogP contribution in [0.3, 0.4) is 0 Å². The molecule has 4 heteroatoms. The van der Waals surface area contributed by atoms with Crippen LogP contribution in [-0.2, 0) is 4.79 Å². The molecule has 0 unspecified atom stereocenters. The van der Waals surface area contributed by atoms with Crippen molar-refractivity contribution in [1.29, 1.82) is 5.26 Å². The Balaban J connectivity index is 2.24. The predicted molar refractivity (Wildman–Crippen MR) is 86.2 cm³/mol. The number of carbonyl (C=O) groups excluding carboxylic acids is 1. The highest BCUT2D eigenvalue weighted by atomic mass is 16.3. The minimum atomic E-state index is -0.506. The average molecular weight is 292 g/mol. The first-order valence-corrected chi connectivity index (χ1v) is 6.79. The lowest BCUT2D eigenvalue weighted by Gasteiger charge is -2.07. The van der Waals surface area contributed by atoms with Crippen molar-refractivity contribution in [2.75, 3.05) is 5.32 Å². The molecule has 0 saturated heterocycles. The third-order valence-corrected chi connectivity index (χ3v) is 3.37. The summed E-state index contributed by atoms with van der Waals surface area (Å²) in [6, 6.07) is 13.9. The number of anilines is 1. The number of nitrogens with one attached hydrogen (secondary N) is 1. The van der Waals surface area contributed by atoms with Crippen molar-refractivity contribution in [2.24, 2.45) is 0 Å². The van der Waals surface area contributed by atoms with Gasteiger partial charge in [0, 0.05) is 11.3 Å². The number of hydrogen-bond donors (Lipinski definition) is 2. The van der Waals surface area contributed by atoms with Crippen LogP contribution in [-0.4, -0.2) is 11.0 Å². The minimum Gasteiger partial charge on any atom is -0.507 e. The Labute approximate surface area is 129 Å². The van der Waals surface area contributed by atoms with E-state index in [9.17, 15) is 9.90 Å². The Hall–Kier alpha value is -3.06. The molecule has 0 heterocycles. The van der Waals surface area contributed by atoms with E-state index in [0.29, 0.717) is 11.3 Å². The second kappa shape index (κ2) is 6.59. The largest absolute Gasteiger partial charge is 0.507 e. The highest BCUT2D eigenvalue weighted by Gasteiger charge is 2.11. The van der Waals surface area contributed by atoms with Gasteiger partial charge in [0.2, 0.25) is 0 Å². The summed E-state index contributed by atoms with van der Waals surface area (Å²) in [5.74, 6) is -0.483. The molecule has 0 fully saturated rings. The van der Waals surface area contributed by atoms with E-state index >= 15 is 0 Å². The molecule has 0 spiro atoms. The van der Waals surface area contributed by atoms with E-state index in [1.165, 1.54) is 12.1 Å². The molecule has 2 N–H and O–H groups in total. The maximum atomic E-state index is 12.2. The number of carbonyl (C=O) groups is 1. The highest BCUT2D eigenvalue weighted by Crippen LogP contribution is 2.20. The molecule has 2 aromatic rings. The van der Waals surface area contributed by atoms with Crippen LogP contribution in [0.2, 0.25) is 0 Å². The van der Waals surface area contributed by atoms with Gasteiger partial charge in [0.05, 0.1) is 0 Å². The molecule has 110 valence electrons. The van der Waals surface area contributed by atoms with E-state index in [2.05, 4.69) is 5.32 Å². The number of phenolic OH excluding ortho intramolecular Hbond substituents is 1. The maximum Gasteiger partial charge on any atom is 0.266 e. The molecule has 2 rings (SSSR count). The minimum absolute atomic E-state index is 0.0224. The van der Waals surface area contributed by atoms with Gasteiger partial charge in [-0.25, -0.2) is 0 Å². The first-order valence-electron chi connectivity index (χ1n) is 6.79. The SMILES string of the molecule is Cc1ccc(NC(=O)/C(C#N)=C\c2ccccc2O)cc1C. The van der Waals surface area contributed by atoms with Crippen LogP contribution in [0.15, 0.2) is 48.0 Å². The standard InChI is InChI=1S/C18H16N2O2/c1-12-7-8-16(9-13(12)2)20-18(22)15(11-19)10-14-5-3-4-6-17(14)21/h3-10,21H,1-2H3,(H,20,22)/b15-10-. The fourth-order valence-electron chi connectivity index (χ4n) is 1.93. The maximum absolute atomic E-state index is 12.2. The quantitative estimate of drug-likeness (QED) is 0.671. The van der Waals surface area contributed by atoms with Gasteiger partial charge in [0.1, 0.15) is 17.4 Å². The van der Waals surface area contributed by atoms with Gasteiger partial charge in [-0.3, -0.25) is 4.79 Å². The Morgan fingerprint density at radius 1 is 1.18 bits per heavy atom. The number of hydrogen-bond acceptors (Lipinski definition) is 3. The molecule has 1 amide bonds. The van der Waals surface area contributed by atoms with Crippen molar-refractivity contribution in [3.05, 3.63) is 64.7 Å². The summed E-state index contributed by atoms with van der Waals surface area (Å²) in [7, 11) is 0. The van der Waals surface area contributed by atoms with Gasteiger partial charge in [-0.15, -0.1) is 0 Å².